The molecule has 0 bridgehead atoms. The number of thioether (sulfide) groups is 1. The predicted molar refractivity (Wildman–Crippen MR) is 120 cm³/mol. The molecule has 166 valence electrons. The molecule has 1 aliphatic heterocycles. The Balaban J connectivity index is 1.65. The summed E-state index contributed by atoms with van der Waals surface area (Å²) in [5, 5.41) is 3.10. The summed E-state index contributed by atoms with van der Waals surface area (Å²) in [6.07, 6.45) is 0.123. The van der Waals surface area contributed by atoms with Crippen LogP contribution in [0.4, 0.5) is 10.2 Å². The third-order valence-corrected chi connectivity index (χ3v) is 6.05. The monoisotopic (exact) mass is 455 g/mol. The number of amides is 1. The van der Waals surface area contributed by atoms with Gasteiger partial charge in [0.25, 0.3) is 5.56 Å². The van der Waals surface area contributed by atoms with Gasteiger partial charge >= 0.3 is 0 Å². The molecule has 4 rings (SSSR count). The van der Waals surface area contributed by atoms with E-state index in [1.807, 2.05) is 13.0 Å². The van der Waals surface area contributed by atoms with E-state index in [-0.39, 0.29) is 29.5 Å². The summed E-state index contributed by atoms with van der Waals surface area (Å²) in [7, 11) is 1.56. The minimum absolute atomic E-state index is 0.123. The van der Waals surface area contributed by atoms with E-state index in [1.54, 1.807) is 31.4 Å². The number of methoxy groups -OCH3 is 1. The second kappa shape index (κ2) is 9.44. The summed E-state index contributed by atoms with van der Waals surface area (Å²) in [4.78, 5) is 32.7. The van der Waals surface area contributed by atoms with Gasteiger partial charge in [-0.25, -0.2) is 9.37 Å². The topological polar surface area (TPSA) is 93.3 Å². The highest BCUT2D eigenvalue weighted by atomic mass is 32.2. The van der Waals surface area contributed by atoms with Gasteiger partial charge in [-0.1, -0.05) is 30.0 Å². The highest BCUT2D eigenvalue weighted by Crippen LogP contribution is 2.38. The number of aromatic amines is 1. The summed E-state index contributed by atoms with van der Waals surface area (Å²) in [5.41, 5.74) is 1.75. The summed E-state index contributed by atoms with van der Waals surface area (Å²) in [6, 6.07) is 11.5. The number of fused-ring (bicyclic) bond motifs is 1. The van der Waals surface area contributed by atoms with Gasteiger partial charge in [-0.05, 0) is 42.3 Å². The Bertz CT molecular complexity index is 1200. The Morgan fingerprint density at radius 3 is 2.66 bits per heavy atom. The number of hydrogen-bond donors (Lipinski definition) is 2. The first-order chi connectivity index (χ1) is 15.5. The lowest BCUT2D eigenvalue weighted by atomic mass is 9.86. The fraction of sp³-hybridized carbons (Fsp3) is 0.261. The van der Waals surface area contributed by atoms with Crippen molar-refractivity contribution in [1.29, 1.82) is 0 Å². The standard InChI is InChI=1S/C23H22FN3O4S/c1-3-31-18-10-14(6-9-17(18)30-2)16-11-19(28)25-21-20(16)22(29)27-23(26-21)32-12-13-4-7-15(24)8-5-13/h4-10,16H,3,11-12H2,1-2H3,(H2,25,26,27,28,29). The van der Waals surface area contributed by atoms with Gasteiger partial charge in [0.05, 0.1) is 19.3 Å². The van der Waals surface area contributed by atoms with Crippen molar-refractivity contribution >= 4 is 23.5 Å². The van der Waals surface area contributed by atoms with E-state index in [2.05, 4.69) is 15.3 Å². The van der Waals surface area contributed by atoms with Crippen molar-refractivity contribution < 1.29 is 18.7 Å². The van der Waals surface area contributed by atoms with Crippen molar-refractivity contribution in [3.63, 3.8) is 0 Å². The molecule has 1 atom stereocenters. The van der Waals surface area contributed by atoms with Crippen LogP contribution in [0.25, 0.3) is 0 Å². The number of nitrogens with zero attached hydrogens (tertiary/aromatic N) is 1. The first-order valence-electron chi connectivity index (χ1n) is 10.1. The van der Waals surface area contributed by atoms with Gasteiger partial charge in [0.15, 0.2) is 16.7 Å². The van der Waals surface area contributed by atoms with E-state index >= 15 is 0 Å². The van der Waals surface area contributed by atoms with Crippen LogP contribution in [0.3, 0.4) is 0 Å². The first-order valence-corrected chi connectivity index (χ1v) is 11.1. The zero-order valence-electron chi connectivity index (χ0n) is 17.6. The molecule has 0 aliphatic carbocycles. The molecule has 2 N–H and O–H groups in total. The average Bonchev–Trinajstić information content (AvgIpc) is 2.78. The zero-order chi connectivity index (χ0) is 22.7. The average molecular weight is 456 g/mol. The number of anilines is 1. The Hall–Kier alpha value is -3.33. The van der Waals surface area contributed by atoms with Crippen molar-refractivity contribution in [3.8, 4) is 11.5 Å². The van der Waals surface area contributed by atoms with Gasteiger partial charge in [-0.3, -0.25) is 9.59 Å². The molecule has 7 nitrogen and oxygen atoms in total. The lowest BCUT2D eigenvalue weighted by molar-refractivity contribution is -0.116. The zero-order valence-corrected chi connectivity index (χ0v) is 18.4. The highest BCUT2D eigenvalue weighted by Gasteiger charge is 2.31. The van der Waals surface area contributed by atoms with Crippen molar-refractivity contribution in [2.75, 3.05) is 19.0 Å². The SMILES string of the molecule is CCOc1cc(C2CC(=O)Nc3nc(SCc4ccc(F)cc4)[nH]c(=O)c32)ccc1OC. The molecular weight excluding hydrogens is 433 g/mol. The van der Waals surface area contributed by atoms with E-state index in [9.17, 15) is 14.0 Å². The van der Waals surface area contributed by atoms with Crippen molar-refractivity contribution in [2.24, 2.45) is 0 Å². The molecule has 2 heterocycles. The second-order valence-corrected chi connectivity index (χ2v) is 8.16. The third kappa shape index (κ3) is 4.62. The van der Waals surface area contributed by atoms with Crippen LogP contribution in [0.2, 0.25) is 0 Å². The summed E-state index contributed by atoms with van der Waals surface area (Å²) in [5.74, 6) is 0.895. The molecule has 1 unspecified atom stereocenters. The maximum atomic E-state index is 13.1. The van der Waals surface area contributed by atoms with Crippen LogP contribution in [0.5, 0.6) is 11.5 Å². The minimum Gasteiger partial charge on any atom is -0.493 e. The first kappa shape index (κ1) is 21.9. The van der Waals surface area contributed by atoms with E-state index in [0.717, 1.165) is 11.1 Å². The van der Waals surface area contributed by atoms with Crippen molar-refractivity contribution in [1.82, 2.24) is 9.97 Å². The number of nitrogens with one attached hydrogen (secondary N) is 2. The number of halogens is 1. The number of benzene rings is 2. The minimum atomic E-state index is -0.462. The number of ether oxygens (including phenoxy) is 2. The van der Waals surface area contributed by atoms with E-state index in [0.29, 0.717) is 34.6 Å². The van der Waals surface area contributed by atoms with Crippen LogP contribution >= 0.6 is 11.8 Å². The van der Waals surface area contributed by atoms with E-state index in [4.69, 9.17) is 9.47 Å². The van der Waals surface area contributed by atoms with Gasteiger partial charge in [-0.2, -0.15) is 0 Å². The second-order valence-electron chi connectivity index (χ2n) is 7.20. The predicted octanol–water partition coefficient (Wildman–Crippen LogP) is 4.08. The molecule has 0 spiro atoms. The van der Waals surface area contributed by atoms with Gasteiger partial charge in [-0.15, -0.1) is 0 Å². The third-order valence-electron chi connectivity index (χ3n) is 5.11. The molecule has 3 aromatic rings. The molecule has 1 aromatic heterocycles. The Morgan fingerprint density at radius 1 is 1.16 bits per heavy atom. The van der Waals surface area contributed by atoms with Crippen LogP contribution < -0.4 is 20.3 Å². The summed E-state index contributed by atoms with van der Waals surface area (Å²) in [6.45, 7) is 2.33. The summed E-state index contributed by atoms with van der Waals surface area (Å²) < 4.78 is 24.1. The molecule has 0 radical (unpaired) electrons. The van der Waals surface area contributed by atoms with Crippen LogP contribution in [0.1, 0.15) is 36.0 Å². The van der Waals surface area contributed by atoms with Crippen LogP contribution in [-0.2, 0) is 10.5 Å². The van der Waals surface area contributed by atoms with Crippen LogP contribution in [-0.4, -0.2) is 29.6 Å². The number of carbonyl (C=O) groups is 1. The Morgan fingerprint density at radius 2 is 1.94 bits per heavy atom. The summed E-state index contributed by atoms with van der Waals surface area (Å²) >= 11 is 1.30. The fourth-order valence-electron chi connectivity index (χ4n) is 3.61. The van der Waals surface area contributed by atoms with Crippen LogP contribution in [0, 0.1) is 5.82 Å². The molecule has 1 aliphatic rings. The molecule has 0 saturated heterocycles. The molecule has 2 aromatic carbocycles. The maximum absolute atomic E-state index is 13.1. The fourth-order valence-corrected chi connectivity index (χ4v) is 4.43. The lowest BCUT2D eigenvalue weighted by Crippen LogP contribution is -2.31. The molecule has 1 amide bonds. The number of rotatable bonds is 7. The van der Waals surface area contributed by atoms with Gasteiger partial charge < -0.3 is 19.8 Å². The quantitative estimate of drug-likeness (QED) is 0.412. The van der Waals surface area contributed by atoms with Crippen LogP contribution in [0.15, 0.2) is 52.4 Å². The normalized spacial score (nSPS) is 15.1. The van der Waals surface area contributed by atoms with Gasteiger partial charge in [0.2, 0.25) is 5.91 Å². The van der Waals surface area contributed by atoms with Crippen molar-refractivity contribution in [2.45, 2.75) is 30.2 Å². The molecule has 9 heteroatoms. The number of carbonyl (C=O) groups excluding carboxylic acids is 1. The molecule has 0 fully saturated rings. The molecule has 0 saturated carbocycles. The maximum Gasteiger partial charge on any atom is 0.257 e. The Labute approximate surface area is 188 Å². The van der Waals surface area contributed by atoms with Gasteiger partial charge in [0.1, 0.15) is 11.6 Å². The largest absolute Gasteiger partial charge is 0.493 e. The van der Waals surface area contributed by atoms with E-state index in [1.165, 1.54) is 23.9 Å². The lowest BCUT2D eigenvalue weighted by Gasteiger charge is -2.25. The highest BCUT2D eigenvalue weighted by molar-refractivity contribution is 7.98. The van der Waals surface area contributed by atoms with E-state index < -0.39 is 5.92 Å². The molecular formula is C23H22FN3O4S. The number of hydrogen-bond acceptors (Lipinski definition) is 6. The van der Waals surface area contributed by atoms with Crippen molar-refractivity contribution in [3.05, 3.63) is 75.3 Å². The smallest absolute Gasteiger partial charge is 0.257 e. The van der Waals surface area contributed by atoms with Gasteiger partial charge in [0, 0.05) is 18.1 Å². The number of H-pyrrole nitrogens is 1. The Kier molecular flexibility index (Phi) is 6.45. The number of aromatic nitrogens is 2. The molecule has 32 heavy (non-hydrogen) atoms.